The molecule has 2 N–H and O–H groups in total. The SMILES string of the molecule is O=C(Nc1ccc(OCC(F)(F)F)c(C(=O)O)c1)OCc1ccccc1. The van der Waals surface area contributed by atoms with Crippen molar-refractivity contribution in [2.24, 2.45) is 0 Å². The lowest BCUT2D eigenvalue weighted by atomic mass is 10.2. The van der Waals surface area contributed by atoms with Gasteiger partial charge in [-0.05, 0) is 23.8 Å². The molecule has 0 aliphatic carbocycles. The Hall–Kier alpha value is -3.23. The lowest BCUT2D eigenvalue weighted by Crippen LogP contribution is -2.20. The molecule has 0 heterocycles. The third-order valence-electron chi connectivity index (χ3n) is 3.06. The molecule has 0 bridgehead atoms. The van der Waals surface area contributed by atoms with Crippen molar-refractivity contribution in [3.63, 3.8) is 0 Å². The average Bonchev–Trinajstić information content (AvgIpc) is 2.59. The summed E-state index contributed by atoms with van der Waals surface area (Å²) in [6, 6.07) is 12.1. The highest BCUT2D eigenvalue weighted by molar-refractivity contribution is 5.94. The smallest absolute Gasteiger partial charge is 0.422 e. The molecule has 0 saturated carbocycles. The summed E-state index contributed by atoms with van der Waals surface area (Å²) in [5, 5.41) is 11.4. The molecule has 2 aromatic carbocycles. The van der Waals surface area contributed by atoms with Crippen molar-refractivity contribution in [2.45, 2.75) is 12.8 Å². The monoisotopic (exact) mass is 369 g/mol. The van der Waals surface area contributed by atoms with Crippen molar-refractivity contribution >= 4 is 17.7 Å². The molecule has 0 fully saturated rings. The minimum atomic E-state index is -4.60. The molecule has 0 atom stereocenters. The highest BCUT2D eigenvalue weighted by atomic mass is 19.4. The second-order valence-electron chi connectivity index (χ2n) is 5.11. The van der Waals surface area contributed by atoms with Gasteiger partial charge in [0.1, 0.15) is 17.9 Å². The molecule has 0 spiro atoms. The Morgan fingerprint density at radius 3 is 2.38 bits per heavy atom. The number of carboxylic acid groups (broad SMARTS) is 1. The van der Waals surface area contributed by atoms with Crippen LogP contribution in [0.5, 0.6) is 5.75 Å². The third kappa shape index (κ3) is 6.00. The standard InChI is InChI=1S/C17H14F3NO5/c18-17(19,20)10-26-14-7-6-12(8-13(14)15(22)23)21-16(24)25-9-11-4-2-1-3-5-11/h1-8H,9-10H2,(H,21,24)(H,22,23). The quantitative estimate of drug-likeness (QED) is 0.802. The Morgan fingerprint density at radius 1 is 1.08 bits per heavy atom. The van der Waals surface area contributed by atoms with Gasteiger partial charge in [0.25, 0.3) is 0 Å². The normalized spacial score (nSPS) is 10.9. The van der Waals surface area contributed by atoms with E-state index in [1.54, 1.807) is 30.3 Å². The predicted molar refractivity (Wildman–Crippen MR) is 85.2 cm³/mol. The minimum Gasteiger partial charge on any atom is -0.483 e. The van der Waals surface area contributed by atoms with Crippen molar-refractivity contribution in [1.82, 2.24) is 0 Å². The zero-order chi connectivity index (χ0) is 19.2. The average molecular weight is 369 g/mol. The number of carbonyl (C=O) groups excluding carboxylic acids is 1. The number of nitrogens with one attached hydrogen (secondary N) is 1. The van der Waals surface area contributed by atoms with Crippen LogP contribution in [0, 0.1) is 0 Å². The maximum absolute atomic E-state index is 12.2. The fourth-order valence-electron chi connectivity index (χ4n) is 1.94. The molecule has 0 aromatic heterocycles. The van der Waals surface area contributed by atoms with Crippen LogP contribution >= 0.6 is 0 Å². The van der Waals surface area contributed by atoms with E-state index in [4.69, 9.17) is 9.84 Å². The van der Waals surface area contributed by atoms with Crippen LogP contribution in [0.2, 0.25) is 0 Å². The molecule has 0 radical (unpaired) electrons. The predicted octanol–water partition coefficient (Wildman–Crippen LogP) is 4.07. The van der Waals surface area contributed by atoms with Crippen LogP contribution in [0.1, 0.15) is 15.9 Å². The highest BCUT2D eigenvalue weighted by Gasteiger charge is 2.29. The van der Waals surface area contributed by atoms with Crippen LogP contribution in [-0.4, -0.2) is 30.0 Å². The summed E-state index contributed by atoms with van der Waals surface area (Å²) < 4.78 is 46.1. The highest BCUT2D eigenvalue weighted by Crippen LogP contribution is 2.25. The lowest BCUT2D eigenvalue weighted by molar-refractivity contribution is -0.153. The zero-order valence-electron chi connectivity index (χ0n) is 13.2. The van der Waals surface area contributed by atoms with Gasteiger partial charge in [-0.15, -0.1) is 0 Å². The second kappa shape index (κ2) is 8.24. The van der Waals surface area contributed by atoms with Crippen LogP contribution < -0.4 is 10.1 Å². The molecule has 0 unspecified atom stereocenters. The number of halogens is 3. The van der Waals surface area contributed by atoms with Gasteiger partial charge in [-0.25, -0.2) is 9.59 Å². The van der Waals surface area contributed by atoms with E-state index in [2.05, 4.69) is 10.1 Å². The second-order valence-corrected chi connectivity index (χ2v) is 5.11. The maximum Gasteiger partial charge on any atom is 0.422 e. The van der Waals surface area contributed by atoms with Gasteiger partial charge in [0.15, 0.2) is 6.61 Å². The first-order valence-electron chi connectivity index (χ1n) is 7.29. The number of anilines is 1. The molecule has 9 heteroatoms. The fraction of sp³-hybridized carbons (Fsp3) is 0.176. The molecular weight excluding hydrogens is 355 g/mol. The van der Waals surface area contributed by atoms with Gasteiger partial charge in [0, 0.05) is 5.69 Å². The Bertz CT molecular complexity index is 778. The van der Waals surface area contributed by atoms with E-state index in [0.717, 1.165) is 17.7 Å². The minimum absolute atomic E-state index is 0.00520. The van der Waals surface area contributed by atoms with Gasteiger partial charge in [-0.2, -0.15) is 13.2 Å². The van der Waals surface area contributed by atoms with Crippen molar-refractivity contribution in [1.29, 1.82) is 0 Å². The number of carbonyl (C=O) groups is 2. The van der Waals surface area contributed by atoms with Crippen LogP contribution in [0.4, 0.5) is 23.7 Å². The van der Waals surface area contributed by atoms with E-state index in [0.29, 0.717) is 0 Å². The van der Waals surface area contributed by atoms with Gasteiger partial charge in [0.2, 0.25) is 0 Å². The molecule has 1 amide bonds. The summed E-state index contributed by atoms with van der Waals surface area (Å²) in [7, 11) is 0. The van der Waals surface area contributed by atoms with E-state index in [9.17, 15) is 22.8 Å². The first-order chi connectivity index (χ1) is 12.2. The number of hydrogen-bond acceptors (Lipinski definition) is 4. The van der Waals surface area contributed by atoms with Crippen LogP contribution in [-0.2, 0) is 11.3 Å². The van der Waals surface area contributed by atoms with Crippen molar-refractivity contribution in [3.8, 4) is 5.75 Å². The summed E-state index contributed by atoms with van der Waals surface area (Å²) in [5.41, 5.74) is 0.278. The summed E-state index contributed by atoms with van der Waals surface area (Å²) in [5.74, 6) is -1.96. The number of carboxylic acids is 1. The van der Waals surface area contributed by atoms with Crippen LogP contribution in [0.15, 0.2) is 48.5 Å². The molecule has 2 rings (SSSR count). The van der Waals surface area contributed by atoms with Gasteiger partial charge in [-0.1, -0.05) is 30.3 Å². The first-order valence-corrected chi connectivity index (χ1v) is 7.29. The Kier molecular flexibility index (Phi) is 6.05. The van der Waals surface area contributed by atoms with Crippen molar-refractivity contribution < 1.29 is 37.3 Å². The van der Waals surface area contributed by atoms with E-state index in [-0.39, 0.29) is 12.3 Å². The summed E-state index contributed by atoms with van der Waals surface area (Å²) >= 11 is 0. The number of ether oxygens (including phenoxy) is 2. The molecule has 2 aromatic rings. The summed E-state index contributed by atoms with van der Waals surface area (Å²) in [6.45, 7) is -1.62. The molecule has 0 aliphatic rings. The van der Waals surface area contributed by atoms with E-state index in [1.165, 1.54) is 6.07 Å². The maximum atomic E-state index is 12.2. The molecule has 6 nitrogen and oxygen atoms in total. The number of benzene rings is 2. The summed E-state index contributed by atoms with van der Waals surface area (Å²) in [4.78, 5) is 22.9. The van der Waals surface area contributed by atoms with E-state index in [1.807, 2.05) is 0 Å². The Balaban J connectivity index is 2.01. The molecule has 0 saturated heterocycles. The topological polar surface area (TPSA) is 84.9 Å². The Labute approximate surface area is 146 Å². The largest absolute Gasteiger partial charge is 0.483 e. The molecule has 26 heavy (non-hydrogen) atoms. The number of alkyl halides is 3. The molecule has 0 aliphatic heterocycles. The van der Waals surface area contributed by atoms with E-state index < -0.39 is 36.2 Å². The lowest BCUT2D eigenvalue weighted by Gasteiger charge is -2.13. The summed E-state index contributed by atoms with van der Waals surface area (Å²) in [6.07, 6.45) is -5.44. The van der Waals surface area contributed by atoms with Crippen LogP contribution in [0.3, 0.4) is 0 Å². The van der Waals surface area contributed by atoms with Gasteiger partial charge >= 0.3 is 18.2 Å². The number of aromatic carboxylic acids is 1. The Morgan fingerprint density at radius 2 is 1.77 bits per heavy atom. The fourth-order valence-corrected chi connectivity index (χ4v) is 1.94. The molecule has 138 valence electrons. The van der Waals surface area contributed by atoms with Crippen molar-refractivity contribution in [2.75, 3.05) is 11.9 Å². The zero-order valence-corrected chi connectivity index (χ0v) is 13.2. The number of amides is 1. The van der Waals surface area contributed by atoms with E-state index >= 15 is 0 Å². The van der Waals surface area contributed by atoms with Gasteiger partial charge in [-0.3, -0.25) is 5.32 Å². The molecular formula is C17H14F3NO5. The van der Waals surface area contributed by atoms with Crippen LogP contribution in [0.25, 0.3) is 0 Å². The van der Waals surface area contributed by atoms with Gasteiger partial charge in [0.05, 0.1) is 0 Å². The first kappa shape index (κ1) is 19.1. The number of hydrogen-bond donors (Lipinski definition) is 2. The van der Waals surface area contributed by atoms with Gasteiger partial charge < -0.3 is 14.6 Å². The number of rotatable bonds is 6. The third-order valence-corrected chi connectivity index (χ3v) is 3.06. The van der Waals surface area contributed by atoms with Crippen molar-refractivity contribution in [3.05, 3.63) is 59.7 Å².